The van der Waals surface area contributed by atoms with Crippen LogP contribution < -0.4 is 0 Å². The third kappa shape index (κ3) is 3.66. The summed E-state index contributed by atoms with van der Waals surface area (Å²) in [6.07, 6.45) is 3.55. The van der Waals surface area contributed by atoms with Crippen molar-refractivity contribution in [1.29, 1.82) is 5.26 Å². The van der Waals surface area contributed by atoms with Crippen molar-refractivity contribution in [1.82, 2.24) is 19.7 Å². The molecule has 0 radical (unpaired) electrons. The Bertz CT molecular complexity index is 1130. The highest BCUT2D eigenvalue weighted by atomic mass is 32.2. The summed E-state index contributed by atoms with van der Waals surface area (Å²) in [6, 6.07) is 21.9. The maximum atomic E-state index is 8.95. The highest BCUT2D eigenvalue weighted by Crippen LogP contribution is 2.30. The van der Waals surface area contributed by atoms with Crippen molar-refractivity contribution in [2.75, 3.05) is 0 Å². The fraction of sp³-hybridized carbons (Fsp3) is 0.0909. The Hall–Kier alpha value is -3.43. The van der Waals surface area contributed by atoms with Crippen LogP contribution in [0.4, 0.5) is 0 Å². The molecule has 2 aromatic heterocycles. The van der Waals surface area contributed by atoms with Crippen LogP contribution in [0.3, 0.4) is 0 Å². The van der Waals surface area contributed by atoms with Gasteiger partial charge < -0.3 is 0 Å². The molecule has 0 N–H and O–H groups in total. The minimum absolute atomic E-state index is 0.663. The van der Waals surface area contributed by atoms with Crippen LogP contribution in [0.2, 0.25) is 0 Å². The van der Waals surface area contributed by atoms with Crippen molar-refractivity contribution in [2.24, 2.45) is 0 Å². The number of nitrogens with zero attached hydrogens (tertiary/aromatic N) is 5. The van der Waals surface area contributed by atoms with Gasteiger partial charge in [-0.05, 0) is 48.4 Å². The molecular weight excluding hydrogens is 366 g/mol. The predicted octanol–water partition coefficient (Wildman–Crippen LogP) is 4.80. The average Bonchev–Trinajstić information content (AvgIpc) is 3.17. The van der Waals surface area contributed by atoms with Crippen LogP contribution in [0, 0.1) is 18.3 Å². The smallest absolute Gasteiger partial charge is 0.196 e. The quantitative estimate of drug-likeness (QED) is 0.463. The van der Waals surface area contributed by atoms with E-state index < -0.39 is 0 Å². The molecule has 5 nitrogen and oxygen atoms in total. The van der Waals surface area contributed by atoms with Crippen molar-refractivity contribution in [3.05, 3.63) is 89.7 Å². The van der Waals surface area contributed by atoms with Crippen molar-refractivity contribution < 1.29 is 0 Å². The number of benzene rings is 2. The van der Waals surface area contributed by atoms with E-state index >= 15 is 0 Å². The molecule has 0 unspecified atom stereocenters. The summed E-state index contributed by atoms with van der Waals surface area (Å²) in [5.74, 6) is 1.51. The number of thioether (sulfide) groups is 1. The fourth-order valence-electron chi connectivity index (χ4n) is 2.90. The van der Waals surface area contributed by atoms with Crippen LogP contribution in [0.15, 0.2) is 78.2 Å². The third-order valence-electron chi connectivity index (χ3n) is 4.36. The number of aromatic nitrogens is 4. The van der Waals surface area contributed by atoms with Crippen molar-refractivity contribution in [3.63, 3.8) is 0 Å². The number of nitriles is 1. The van der Waals surface area contributed by atoms with Crippen molar-refractivity contribution in [2.45, 2.75) is 17.8 Å². The minimum Gasteiger partial charge on any atom is -0.270 e. The van der Waals surface area contributed by atoms with Crippen LogP contribution in [0.1, 0.15) is 16.7 Å². The second-order valence-corrected chi connectivity index (χ2v) is 7.21. The average molecular weight is 383 g/mol. The minimum atomic E-state index is 0.663. The van der Waals surface area contributed by atoms with E-state index in [9.17, 15) is 0 Å². The number of pyridine rings is 1. The van der Waals surface area contributed by atoms with Gasteiger partial charge in [0, 0.05) is 23.7 Å². The van der Waals surface area contributed by atoms with Gasteiger partial charge in [-0.3, -0.25) is 9.55 Å². The van der Waals surface area contributed by atoms with Crippen molar-refractivity contribution in [3.8, 4) is 23.1 Å². The SMILES string of the molecule is Cc1ccccc1-n1c(SCc2ccc(C#N)cc2)nnc1-c1cccnc1. The predicted molar refractivity (Wildman–Crippen MR) is 110 cm³/mol. The summed E-state index contributed by atoms with van der Waals surface area (Å²) >= 11 is 1.62. The molecule has 0 aliphatic rings. The third-order valence-corrected chi connectivity index (χ3v) is 5.36. The highest BCUT2D eigenvalue weighted by molar-refractivity contribution is 7.98. The van der Waals surface area contributed by atoms with E-state index in [1.54, 1.807) is 24.2 Å². The molecule has 0 fully saturated rings. The summed E-state index contributed by atoms with van der Waals surface area (Å²) in [6.45, 7) is 2.08. The number of rotatable bonds is 5. The largest absolute Gasteiger partial charge is 0.270 e. The Kier molecular flexibility index (Phi) is 5.18. The van der Waals surface area contributed by atoms with E-state index in [1.807, 2.05) is 48.5 Å². The summed E-state index contributed by atoms with van der Waals surface area (Å²) in [7, 11) is 0. The van der Waals surface area contributed by atoms with Gasteiger partial charge in [-0.25, -0.2) is 0 Å². The molecule has 6 heteroatoms. The summed E-state index contributed by atoms with van der Waals surface area (Å²) < 4.78 is 2.08. The molecule has 0 bridgehead atoms. The van der Waals surface area contributed by atoms with E-state index in [0.29, 0.717) is 5.56 Å². The zero-order valence-electron chi connectivity index (χ0n) is 15.3. The summed E-state index contributed by atoms with van der Waals surface area (Å²) in [5.41, 5.74) is 4.91. The molecule has 0 aliphatic carbocycles. The maximum absolute atomic E-state index is 8.95. The van der Waals surface area contributed by atoms with E-state index in [2.05, 4.69) is 44.9 Å². The molecule has 136 valence electrons. The number of hydrogen-bond acceptors (Lipinski definition) is 5. The Morgan fingerprint density at radius 1 is 1.00 bits per heavy atom. The van der Waals surface area contributed by atoms with Gasteiger partial charge in [0.25, 0.3) is 0 Å². The lowest BCUT2D eigenvalue weighted by molar-refractivity contribution is 0.880. The van der Waals surface area contributed by atoms with Crippen molar-refractivity contribution >= 4 is 11.8 Å². The standard InChI is InChI=1S/C22H17N5S/c1-16-5-2-3-7-20(16)27-21(19-6-4-12-24-14-19)25-26-22(27)28-15-18-10-8-17(13-23)9-11-18/h2-12,14H,15H2,1H3. The van der Waals surface area contributed by atoms with Gasteiger partial charge in [-0.2, -0.15) is 5.26 Å². The van der Waals surface area contributed by atoms with Gasteiger partial charge in [-0.1, -0.05) is 42.1 Å². The van der Waals surface area contributed by atoms with E-state index in [-0.39, 0.29) is 0 Å². The molecule has 0 aliphatic heterocycles. The van der Waals surface area contributed by atoms with Gasteiger partial charge in [0.2, 0.25) is 0 Å². The first-order chi connectivity index (χ1) is 13.8. The Morgan fingerprint density at radius 2 is 1.82 bits per heavy atom. The first-order valence-electron chi connectivity index (χ1n) is 8.80. The topological polar surface area (TPSA) is 67.4 Å². The molecule has 2 aromatic carbocycles. The highest BCUT2D eigenvalue weighted by Gasteiger charge is 2.17. The van der Waals surface area contributed by atoms with Gasteiger partial charge in [0.15, 0.2) is 11.0 Å². The van der Waals surface area contributed by atoms with Crippen LogP contribution in [0.5, 0.6) is 0 Å². The molecule has 0 spiro atoms. The molecule has 28 heavy (non-hydrogen) atoms. The molecule has 4 aromatic rings. The van der Waals surface area contributed by atoms with Crippen LogP contribution in [-0.2, 0) is 5.75 Å². The second-order valence-electron chi connectivity index (χ2n) is 6.27. The van der Waals surface area contributed by atoms with E-state index in [0.717, 1.165) is 39.1 Å². The van der Waals surface area contributed by atoms with Gasteiger partial charge in [-0.15, -0.1) is 10.2 Å². The van der Waals surface area contributed by atoms with Crippen LogP contribution in [0.25, 0.3) is 17.1 Å². The molecular formula is C22H17N5S. The molecule has 0 amide bonds. The Balaban J connectivity index is 1.72. The number of aryl methyl sites for hydroxylation is 1. The second kappa shape index (κ2) is 8.07. The van der Waals surface area contributed by atoms with E-state index in [1.165, 1.54) is 0 Å². The van der Waals surface area contributed by atoms with Gasteiger partial charge in [0.1, 0.15) is 0 Å². The summed E-state index contributed by atoms with van der Waals surface area (Å²) in [4.78, 5) is 4.22. The summed E-state index contributed by atoms with van der Waals surface area (Å²) in [5, 5.41) is 18.7. The Labute approximate surface area is 167 Å². The fourth-order valence-corrected chi connectivity index (χ4v) is 3.80. The number of para-hydroxylation sites is 1. The van der Waals surface area contributed by atoms with E-state index in [4.69, 9.17) is 5.26 Å². The lowest BCUT2D eigenvalue weighted by atomic mass is 10.2. The Morgan fingerprint density at radius 3 is 2.54 bits per heavy atom. The molecule has 0 atom stereocenters. The molecule has 2 heterocycles. The van der Waals surface area contributed by atoms with Crippen LogP contribution >= 0.6 is 11.8 Å². The molecule has 4 rings (SSSR count). The lowest BCUT2D eigenvalue weighted by Crippen LogP contribution is -2.02. The van der Waals surface area contributed by atoms with Crippen LogP contribution in [-0.4, -0.2) is 19.7 Å². The van der Waals surface area contributed by atoms with Gasteiger partial charge >= 0.3 is 0 Å². The monoisotopic (exact) mass is 383 g/mol. The first-order valence-corrected chi connectivity index (χ1v) is 9.78. The lowest BCUT2D eigenvalue weighted by Gasteiger charge is -2.12. The molecule has 0 saturated carbocycles. The maximum Gasteiger partial charge on any atom is 0.196 e. The zero-order chi connectivity index (χ0) is 19.3. The normalized spacial score (nSPS) is 10.6. The first kappa shape index (κ1) is 18.0. The van der Waals surface area contributed by atoms with Gasteiger partial charge in [0.05, 0.1) is 17.3 Å². The zero-order valence-corrected chi connectivity index (χ0v) is 16.1. The molecule has 0 saturated heterocycles. The number of hydrogen-bond donors (Lipinski definition) is 0.